The summed E-state index contributed by atoms with van der Waals surface area (Å²) in [7, 11) is 0. The molecule has 5 nitrogen and oxygen atoms in total. The second-order valence-electron chi connectivity index (χ2n) is 6.07. The Morgan fingerprint density at radius 1 is 1.07 bits per heavy atom. The Bertz CT molecular complexity index is 736. The SMILES string of the molecule is CC(C)OC(C(=O)O)C(OCCOc1ccc(Cl)cc1Cl)c1ccccc1. The highest BCUT2D eigenvalue weighted by Gasteiger charge is 2.32. The van der Waals surface area contributed by atoms with E-state index in [2.05, 4.69) is 0 Å². The van der Waals surface area contributed by atoms with Crippen molar-refractivity contribution in [2.24, 2.45) is 0 Å². The highest BCUT2D eigenvalue weighted by molar-refractivity contribution is 6.35. The minimum atomic E-state index is -1.13. The van der Waals surface area contributed by atoms with Crippen LogP contribution < -0.4 is 4.74 Å². The summed E-state index contributed by atoms with van der Waals surface area (Å²) >= 11 is 11.9. The molecule has 0 saturated carbocycles. The Morgan fingerprint density at radius 2 is 1.78 bits per heavy atom. The van der Waals surface area contributed by atoms with E-state index in [1.54, 1.807) is 44.2 Å². The number of rotatable bonds is 10. The van der Waals surface area contributed by atoms with Gasteiger partial charge in [-0.2, -0.15) is 0 Å². The van der Waals surface area contributed by atoms with Crippen LogP contribution in [0.5, 0.6) is 5.75 Å². The molecule has 2 unspecified atom stereocenters. The van der Waals surface area contributed by atoms with Gasteiger partial charge in [0.25, 0.3) is 0 Å². The first-order valence-corrected chi connectivity index (χ1v) is 9.26. The summed E-state index contributed by atoms with van der Waals surface area (Å²) in [6.07, 6.45) is -2.16. The number of ether oxygens (including phenoxy) is 3. The smallest absolute Gasteiger partial charge is 0.335 e. The Kier molecular flexibility index (Phi) is 8.38. The number of benzene rings is 2. The lowest BCUT2D eigenvalue weighted by Gasteiger charge is -2.26. The van der Waals surface area contributed by atoms with Gasteiger partial charge in [0.05, 0.1) is 17.7 Å². The van der Waals surface area contributed by atoms with Crippen molar-refractivity contribution in [1.29, 1.82) is 0 Å². The molecule has 0 bridgehead atoms. The van der Waals surface area contributed by atoms with Gasteiger partial charge in [0.2, 0.25) is 0 Å². The van der Waals surface area contributed by atoms with Gasteiger partial charge in [-0.1, -0.05) is 53.5 Å². The number of aliphatic carboxylic acids is 1. The maximum Gasteiger partial charge on any atom is 0.335 e. The standard InChI is InChI=1S/C20H22Cl2O5/c1-13(2)27-19(20(23)24)18(14-6-4-3-5-7-14)26-11-10-25-17-9-8-15(21)12-16(17)22/h3-9,12-13,18-19H,10-11H2,1-2H3,(H,23,24). The second kappa shape index (κ2) is 10.5. The number of hydrogen-bond donors (Lipinski definition) is 1. The normalized spacial score (nSPS) is 13.4. The van der Waals surface area contributed by atoms with Crippen molar-refractivity contribution in [3.63, 3.8) is 0 Å². The van der Waals surface area contributed by atoms with Crippen molar-refractivity contribution < 1.29 is 24.1 Å². The van der Waals surface area contributed by atoms with Crippen LogP contribution in [-0.4, -0.2) is 36.5 Å². The monoisotopic (exact) mass is 412 g/mol. The van der Waals surface area contributed by atoms with Gasteiger partial charge in [0, 0.05) is 5.02 Å². The molecule has 0 aliphatic rings. The zero-order valence-electron chi connectivity index (χ0n) is 15.1. The lowest BCUT2D eigenvalue weighted by Crippen LogP contribution is -2.35. The summed E-state index contributed by atoms with van der Waals surface area (Å²) in [4.78, 5) is 11.7. The van der Waals surface area contributed by atoms with Crippen LogP contribution >= 0.6 is 23.2 Å². The number of carboxylic acid groups (broad SMARTS) is 1. The molecule has 0 aliphatic heterocycles. The number of carboxylic acids is 1. The lowest BCUT2D eigenvalue weighted by atomic mass is 10.0. The molecule has 27 heavy (non-hydrogen) atoms. The van der Waals surface area contributed by atoms with Crippen LogP contribution in [0.15, 0.2) is 48.5 Å². The minimum Gasteiger partial charge on any atom is -0.490 e. The van der Waals surface area contributed by atoms with E-state index >= 15 is 0 Å². The van der Waals surface area contributed by atoms with Gasteiger partial charge >= 0.3 is 5.97 Å². The fourth-order valence-corrected chi connectivity index (χ4v) is 2.94. The summed E-state index contributed by atoms with van der Waals surface area (Å²) in [5.41, 5.74) is 0.718. The molecule has 2 rings (SSSR count). The largest absolute Gasteiger partial charge is 0.490 e. The van der Waals surface area contributed by atoms with Crippen molar-refractivity contribution >= 4 is 29.2 Å². The zero-order chi connectivity index (χ0) is 19.8. The Morgan fingerprint density at radius 3 is 2.37 bits per heavy atom. The Hall–Kier alpha value is -1.79. The van der Waals surface area contributed by atoms with Gasteiger partial charge in [-0.05, 0) is 37.6 Å². The number of halogens is 2. The first-order chi connectivity index (χ1) is 12.9. The molecule has 7 heteroatoms. The molecule has 0 saturated heterocycles. The molecule has 2 atom stereocenters. The summed E-state index contributed by atoms with van der Waals surface area (Å²) in [6, 6.07) is 14.0. The van der Waals surface area contributed by atoms with E-state index in [0.29, 0.717) is 15.8 Å². The van der Waals surface area contributed by atoms with Crippen LogP contribution in [0.4, 0.5) is 0 Å². The fourth-order valence-electron chi connectivity index (χ4n) is 2.47. The van der Waals surface area contributed by atoms with E-state index in [9.17, 15) is 9.90 Å². The summed E-state index contributed by atoms with van der Waals surface area (Å²) in [5, 5.41) is 10.5. The maximum absolute atomic E-state index is 11.7. The molecule has 2 aromatic carbocycles. The molecule has 0 aliphatic carbocycles. The van der Waals surface area contributed by atoms with Crippen LogP contribution in [0.25, 0.3) is 0 Å². The third-order valence-corrected chi connectivity index (χ3v) is 4.13. The van der Waals surface area contributed by atoms with E-state index in [4.69, 9.17) is 37.4 Å². The average molecular weight is 413 g/mol. The highest BCUT2D eigenvalue weighted by Crippen LogP contribution is 2.28. The molecular formula is C20H22Cl2O5. The first-order valence-electron chi connectivity index (χ1n) is 8.51. The van der Waals surface area contributed by atoms with E-state index in [0.717, 1.165) is 5.56 Å². The summed E-state index contributed by atoms with van der Waals surface area (Å²) in [5.74, 6) is -0.603. The number of carbonyl (C=O) groups is 1. The molecule has 0 radical (unpaired) electrons. The van der Waals surface area contributed by atoms with E-state index in [-0.39, 0.29) is 19.3 Å². The van der Waals surface area contributed by atoms with Crippen molar-refractivity contribution in [3.8, 4) is 5.75 Å². The summed E-state index contributed by atoms with van der Waals surface area (Å²) in [6.45, 7) is 3.91. The minimum absolute atomic E-state index is 0.156. The first kappa shape index (κ1) is 21.5. The Labute approximate surface area is 168 Å². The Balaban J connectivity index is 2.04. The van der Waals surface area contributed by atoms with Gasteiger partial charge in [0.15, 0.2) is 6.10 Å². The van der Waals surface area contributed by atoms with Crippen LogP contribution in [0, 0.1) is 0 Å². The predicted octanol–water partition coefficient (Wildman–Crippen LogP) is 5.01. The third kappa shape index (κ3) is 6.70. The van der Waals surface area contributed by atoms with Gasteiger partial charge in [-0.25, -0.2) is 4.79 Å². The predicted molar refractivity (Wildman–Crippen MR) is 105 cm³/mol. The quantitative estimate of drug-likeness (QED) is 0.555. The molecule has 0 heterocycles. The average Bonchev–Trinajstić information content (AvgIpc) is 2.62. The molecule has 146 valence electrons. The van der Waals surface area contributed by atoms with Gasteiger partial charge in [0.1, 0.15) is 18.5 Å². The van der Waals surface area contributed by atoms with Crippen molar-refractivity contribution in [3.05, 3.63) is 64.1 Å². The van der Waals surface area contributed by atoms with Gasteiger partial charge < -0.3 is 19.3 Å². The molecular weight excluding hydrogens is 391 g/mol. The lowest BCUT2D eigenvalue weighted by molar-refractivity contribution is -0.168. The molecule has 0 fully saturated rings. The topological polar surface area (TPSA) is 65.0 Å². The number of hydrogen-bond acceptors (Lipinski definition) is 4. The molecule has 1 N–H and O–H groups in total. The van der Waals surface area contributed by atoms with Crippen LogP contribution in [-0.2, 0) is 14.3 Å². The highest BCUT2D eigenvalue weighted by atomic mass is 35.5. The fraction of sp³-hybridized carbons (Fsp3) is 0.350. The van der Waals surface area contributed by atoms with Gasteiger partial charge in [-0.3, -0.25) is 0 Å². The van der Waals surface area contributed by atoms with Crippen molar-refractivity contribution in [2.45, 2.75) is 32.2 Å². The maximum atomic E-state index is 11.7. The summed E-state index contributed by atoms with van der Waals surface area (Å²) < 4.78 is 17.0. The van der Waals surface area contributed by atoms with E-state index in [1.165, 1.54) is 0 Å². The van der Waals surface area contributed by atoms with E-state index < -0.39 is 18.2 Å². The molecule has 0 spiro atoms. The van der Waals surface area contributed by atoms with Gasteiger partial charge in [-0.15, -0.1) is 0 Å². The zero-order valence-corrected chi connectivity index (χ0v) is 16.6. The molecule has 0 amide bonds. The second-order valence-corrected chi connectivity index (χ2v) is 6.91. The molecule has 2 aromatic rings. The van der Waals surface area contributed by atoms with E-state index in [1.807, 2.05) is 18.2 Å². The van der Waals surface area contributed by atoms with Crippen LogP contribution in [0.2, 0.25) is 10.0 Å². The third-order valence-electron chi connectivity index (χ3n) is 3.60. The van der Waals surface area contributed by atoms with Crippen molar-refractivity contribution in [2.75, 3.05) is 13.2 Å². The van der Waals surface area contributed by atoms with Crippen LogP contribution in [0.3, 0.4) is 0 Å². The van der Waals surface area contributed by atoms with Crippen molar-refractivity contribution in [1.82, 2.24) is 0 Å². The molecule has 0 aromatic heterocycles. The van der Waals surface area contributed by atoms with Crippen LogP contribution in [0.1, 0.15) is 25.5 Å².